The molecule has 0 fully saturated rings. The van der Waals surface area contributed by atoms with Gasteiger partial charge < -0.3 is 4.74 Å². The van der Waals surface area contributed by atoms with Crippen LogP contribution < -0.4 is 4.74 Å². The summed E-state index contributed by atoms with van der Waals surface area (Å²) in [5.74, 6) is -0.247. The molecule has 0 atom stereocenters. The molecule has 5 heteroatoms. The number of methoxy groups -OCH3 is 1. The van der Waals surface area contributed by atoms with Gasteiger partial charge in [-0.1, -0.05) is 13.0 Å². The van der Waals surface area contributed by atoms with Gasteiger partial charge in [0.15, 0.2) is 9.84 Å². The first-order chi connectivity index (χ1) is 7.55. The standard InChI is InChI=1S/C11H13NO3S/c1-3-9-4-5-10(15-2)11(8-9)16(13,14)7-6-12/h4-5,8H,3,7H2,1-2H3. The van der Waals surface area contributed by atoms with Crippen molar-refractivity contribution in [1.82, 2.24) is 0 Å². The number of nitrogens with zero attached hydrogens (tertiary/aromatic N) is 1. The van der Waals surface area contributed by atoms with Gasteiger partial charge in [0.2, 0.25) is 0 Å². The van der Waals surface area contributed by atoms with Crippen LogP contribution in [0.3, 0.4) is 0 Å². The van der Waals surface area contributed by atoms with Crippen molar-refractivity contribution in [1.29, 1.82) is 5.26 Å². The molecule has 86 valence electrons. The van der Waals surface area contributed by atoms with Crippen LogP contribution in [0.25, 0.3) is 0 Å². The Balaban J connectivity index is 3.36. The Kier molecular flexibility index (Phi) is 3.91. The van der Waals surface area contributed by atoms with E-state index in [2.05, 4.69) is 0 Å². The SMILES string of the molecule is CCc1ccc(OC)c(S(=O)(=O)CC#N)c1. The third-order valence-corrected chi connectivity index (χ3v) is 3.72. The van der Waals surface area contributed by atoms with Crippen LogP contribution in [-0.2, 0) is 16.3 Å². The van der Waals surface area contributed by atoms with Gasteiger partial charge in [-0.25, -0.2) is 8.42 Å². The molecule has 0 amide bonds. The van der Waals surface area contributed by atoms with Crippen LogP contribution in [0.1, 0.15) is 12.5 Å². The van der Waals surface area contributed by atoms with Gasteiger partial charge in [0.1, 0.15) is 16.4 Å². The van der Waals surface area contributed by atoms with Gasteiger partial charge in [0, 0.05) is 0 Å². The normalized spacial score (nSPS) is 10.8. The van der Waals surface area contributed by atoms with E-state index in [0.717, 1.165) is 12.0 Å². The van der Waals surface area contributed by atoms with Crippen LogP contribution in [0.4, 0.5) is 0 Å². The zero-order valence-corrected chi connectivity index (χ0v) is 10.0. The van der Waals surface area contributed by atoms with E-state index in [1.54, 1.807) is 18.2 Å². The Labute approximate surface area is 95.4 Å². The number of ether oxygens (including phenoxy) is 1. The van der Waals surface area contributed by atoms with Gasteiger partial charge in [0.05, 0.1) is 13.2 Å². The number of rotatable bonds is 4. The minimum atomic E-state index is -3.57. The van der Waals surface area contributed by atoms with Gasteiger partial charge in [-0.2, -0.15) is 5.26 Å². The molecule has 0 heterocycles. The first-order valence-electron chi connectivity index (χ1n) is 4.81. The molecule has 0 spiro atoms. The monoisotopic (exact) mass is 239 g/mol. The van der Waals surface area contributed by atoms with E-state index in [4.69, 9.17) is 10.00 Å². The van der Waals surface area contributed by atoms with Crippen molar-refractivity contribution in [3.8, 4) is 11.8 Å². The lowest BCUT2D eigenvalue weighted by Gasteiger charge is -2.09. The predicted molar refractivity (Wildman–Crippen MR) is 60.0 cm³/mol. The van der Waals surface area contributed by atoms with E-state index in [1.807, 2.05) is 13.0 Å². The van der Waals surface area contributed by atoms with E-state index in [-0.39, 0.29) is 10.6 Å². The second-order valence-corrected chi connectivity index (χ2v) is 5.21. The number of sulfone groups is 1. The second-order valence-electron chi connectivity index (χ2n) is 3.26. The zero-order valence-electron chi connectivity index (χ0n) is 9.23. The first kappa shape index (κ1) is 12.5. The highest BCUT2D eigenvalue weighted by molar-refractivity contribution is 7.91. The molecule has 0 radical (unpaired) electrons. The van der Waals surface area contributed by atoms with E-state index in [9.17, 15) is 8.42 Å². The maximum atomic E-state index is 11.8. The summed E-state index contributed by atoms with van der Waals surface area (Å²) < 4.78 is 28.5. The maximum absolute atomic E-state index is 11.8. The average Bonchev–Trinajstić information content (AvgIpc) is 2.28. The van der Waals surface area contributed by atoms with E-state index in [0.29, 0.717) is 0 Å². The molecule has 0 aliphatic carbocycles. The van der Waals surface area contributed by atoms with Crippen LogP contribution in [0.5, 0.6) is 5.75 Å². The van der Waals surface area contributed by atoms with Gasteiger partial charge in [-0.15, -0.1) is 0 Å². The molecule has 0 N–H and O–H groups in total. The Morgan fingerprint density at radius 2 is 2.12 bits per heavy atom. The molecule has 16 heavy (non-hydrogen) atoms. The lowest BCUT2D eigenvalue weighted by molar-refractivity contribution is 0.402. The largest absolute Gasteiger partial charge is 0.495 e. The highest BCUT2D eigenvalue weighted by atomic mass is 32.2. The molecule has 0 saturated heterocycles. The highest BCUT2D eigenvalue weighted by Gasteiger charge is 2.19. The van der Waals surface area contributed by atoms with Crippen molar-refractivity contribution in [2.75, 3.05) is 12.9 Å². The number of hydrogen-bond acceptors (Lipinski definition) is 4. The molecular weight excluding hydrogens is 226 g/mol. The fourth-order valence-electron chi connectivity index (χ4n) is 1.35. The fraction of sp³-hybridized carbons (Fsp3) is 0.364. The molecule has 1 aromatic carbocycles. The van der Waals surface area contributed by atoms with Gasteiger partial charge >= 0.3 is 0 Å². The quantitative estimate of drug-likeness (QED) is 0.799. The van der Waals surface area contributed by atoms with Crippen LogP contribution in [0.2, 0.25) is 0 Å². The molecule has 0 aliphatic heterocycles. The maximum Gasteiger partial charge on any atom is 0.195 e. The average molecular weight is 239 g/mol. The molecule has 0 bridgehead atoms. The van der Waals surface area contributed by atoms with E-state index in [1.165, 1.54) is 7.11 Å². The van der Waals surface area contributed by atoms with Crippen molar-refractivity contribution in [2.24, 2.45) is 0 Å². The van der Waals surface area contributed by atoms with Crippen LogP contribution >= 0.6 is 0 Å². The van der Waals surface area contributed by atoms with Crippen molar-refractivity contribution >= 4 is 9.84 Å². The fourth-order valence-corrected chi connectivity index (χ4v) is 2.46. The molecule has 0 aliphatic rings. The highest BCUT2D eigenvalue weighted by Crippen LogP contribution is 2.25. The van der Waals surface area contributed by atoms with Gasteiger partial charge in [0.25, 0.3) is 0 Å². The topological polar surface area (TPSA) is 67.2 Å². The molecular formula is C11H13NO3S. The molecule has 0 unspecified atom stereocenters. The minimum absolute atomic E-state index is 0.0934. The van der Waals surface area contributed by atoms with Crippen LogP contribution in [-0.4, -0.2) is 21.3 Å². The van der Waals surface area contributed by atoms with E-state index >= 15 is 0 Å². The van der Waals surface area contributed by atoms with Crippen molar-refractivity contribution < 1.29 is 13.2 Å². The predicted octanol–water partition coefficient (Wildman–Crippen LogP) is 1.55. The van der Waals surface area contributed by atoms with Crippen molar-refractivity contribution in [3.05, 3.63) is 23.8 Å². The van der Waals surface area contributed by atoms with E-state index < -0.39 is 15.6 Å². The van der Waals surface area contributed by atoms with Crippen molar-refractivity contribution in [2.45, 2.75) is 18.2 Å². The Bertz CT molecular complexity index is 515. The second kappa shape index (κ2) is 4.99. The molecule has 1 aromatic rings. The van der Waals surface area contributed by atoms with Crippen LogP contribution in [0, 0.1) is 11.3 Å². The minimum Gasteiger partial charge on any atom is -0.495 e. The summed E-state index contributed by atoms with van der Waals surface area (Å²) in [6.07, 6.45) is 0.735. The molecule has 0 aromatic heterocycles. The number of hydrogen-bond donors (Lipinski definition) is 0. The first-order valence-corrected chi connectivity index (χ1v) is 6.47. The smallest absolute Gasteiger partial charge is 0.195 e. The van der Waals surface area contributed by atoms with Crippen LogP contribution in [0.15, 0.2) is 23.1 Å². The summed E-state index contributed by atoms with van der Waals surface area (Å²) in [7, 11) is -2.16. The third-order valence-electron chi connectivity index (χ3n) is 2.23. The Morgan fingerprint density at radius 1 is 1.44 bits per heavy atom. The number of nitriles is 1. The Hall–Kier alpha value is -1.54. The Morgan fingerprint density at radius 3 is 2.62 bits per heavy atom. The summed E-state index contributed by atoms with van der Waals surface area (Å²) in [5.41, 5.74) is 0.900. The molecule has 0 saturated carbocycles. The van der Waals surface area contributed by atoms with Gasteiger partial charge in [-0.3, -0.25) is 0 Å². The van der Waals surface area contributed by atoms with Gasteiger partial charge in [-0.05, 0) is 24.1 Å². The molecule has 4 nitrogen and oxygen atoms in total. The number of benzene rings is 1. The summed E-state index contributed by atoms with van der Waals surface area (Å²) >= 11 is 0. The molecule has 1 rings (SSSR count). The summed E-state index contributed by atoms with van der Waals surface area (Å²) in [4.78, 5) is 0.0934. The third kappa shape index (κ3) is 2.52. The number of aryl methyl sites for hydroxylation is 1. The zero-order chi connectivity index (χ0) is 12.2. The summed E-state index contributed by atoms with van der Waals surface area (Å²) in [6.45, 7) is 1.93. The van der Waals surface area contributed by atoms with Crippen molar-refractivity contribution in [3.63, 3.8) is 0 Å². The lowest BCUT2D eigenvalue weighted by Crippen LogP contribution is -2.07. The summed E-state index contributed by atoms with van der Waals surface area (Å²) in [6, 6.07) is 6.64. The summed E-state index contributed by atoms with van der Waals surface area (Å²) in [5, 5.41) is 8.48. The lowest BCUT2D eigenvalue weighted by atomic mass is 10.2.